The quantitative estimate of drug-likeness (QED) is 0.817. The number of hydrogen-bond donors (Lipinski definition) is 1. The molecular formula is C17H28BrN3. The molecule has 1 aromatic rings. The first-order chi connectivity index (χ1) is 10.1. The minimum absolute atomic E-state index is 0.554. The molecule has 1 heterocycles. The molecule has 0 aliphatic carbocycles. The Bertz CT molecular complexity index is 450. The zero-order valence-electron chi connectivity index (χ0n) is 13.5. The molecule has 0 aromatic heterocycles. The second-order valence-electron chi connectivity index (χ2n) is 6.12. The van der Waals surface area contributed by atoms with Gasteiger partial charge in [-0.1, -0.05) is 13.0 Å². The number of rotatable bonds is 5. The third-order valence-corrected chi connectivity index (χ3v) is 4.76. The van der Waals surface area contributed by atoms with Crippen LogP contribution in [0.5, 0.6) is 0 Å². The van der Waals surface area contributed by atoms with Crippen molar-refractivity contribution >= 4 is 21.6 Å². The van der Waals surface area contributed by atoms with Gasteiger partial charge in [0.1, 0.15) is 0 Å². The summed E-state index contributed by atoms with van der Waals surface area (Å²) in [6, 6.07) is 7.34. The number of nitrogens with zero attached hydrogens (tertiary/aromatic N) is 2. The van der Waals surface area contributed by atoms with Crippen LogP contribution in [-0.2, 0) is 6.54 Å². The molecule has 3 nitrogen and oxygen atoms in total. The number of benzene rings is 1. The van der Waals surface area contributed by atoms with Crippen LogP contribution >= 0.6 is 15.9 Å². The summed E-state index contributed by atoms with van der Waals surface area (Å²) in [5.41, 5.74) is 2.68. The smallest absolute Gasteiger partial charge is 0.0513 e. The third-order valence-electron chi connectivity index (χ3n) is 4.12. The monoisotopic (exact) mass is 353 g/mol. The summed E-state index contributed by atoms with van der Waals surface area (Å²) >= 11 is 3.78. The molecule has 1 aromatic carbocycles. The number of anilines is 1. The molecule has 0 bridgehead atoms. The summed E-state index contributed by atoms with van der Waals surface area (Å²) in [4.78, 5) is 4.97. The summed E-state index contributed by atoms with van der Waals surface area (Å²) in [5.74, 6) is 0. The third kappa shape index (κ3) is 4.70. The summed E-state index contributed by atoms with van der Waals surface area (Å²) in [7, 11) is 2.22. The van der Waals surface area contributed by atoms with Gasteiger partial charge in [-0.2, -0.15) is 0 Å². The average molecular weight is 354 g/mol. The second-order valence-corrected chi connectivity index (χ2v) is 6.98. The van der Waals surface area contributed by atoms with Gasteiger partial charge >= 0.3 is 0 Å². The van der Waals surface area contributed by atoms with E-state index in [9.17, 15) is 0 Å². The van der Waals surface area contributed by atoms with Crippen LogP contribution in [0.15, 0.2) is 22.7 Å². The fraction of sp³-hybridized carbons (Fsp3) is 0.647. The minimum atomic E-state index is 0.554. The lowest BCUT2D eigenvalue weighted by Crippen LogP contribution is -2.38. The van der Waals surface area contributed by atoms with Crippen molar-refractivity contribution in [2.75, 3.05) is 38.1 Å². The van der Waals surface area contributed by atoms with E-state index in [0.29, 0.717) is 6.04 Å². The Labute approximate surface area is 137 Å². The molecule has 0 saturated carbocycles. The van der Waals surface area contributed by atoms with Crippen LogP contribution in [0.25, 0.3) is 0 Å². The predicted molar refractivity (Wildman–Crippen MR) is 95.1 cm³/mol. The predicted octanol–water partition coefficient (Wildman–Crippen LogP) is 3.48. The van der Waals surface area contributed by atoms with Crippen LogP contribution in [0, 0.1) is 0 Å². The topological polar surface area (TPSA) is 18.5 Å². The van der Waals surface area contributed by atoms with Crippen molar-refractivity contribution in [3.63, 3.8) is 0 Å². The molecule has 0 radical (unpaired) electrons. The highest BCUT2D eigenvalue weighted by atomic mass is 79.9. The van der Waals surface area contributed by atoms with Crippen molar-refractivity contribution in [3.05, 3.63) is 28.2 Å². The number of nitrogens with one attached hydrogen (secondary N) is 1. The summed E-state index contributed by atoms with van der Waals surface area (Å²) in [6.07, 6.45) is 2.41. The van der Waals surface area contributed by atoms with E-state index in [0.717, 1.165) is 26.2 Å². The van der Waals surface area contributed by atoms with Gasteiger partial charge in [0.05, 0.1) is 5.69 Å². The van der Waals surface area contributed by atoms with E-state index in [1.165, 1.54) is 35.1 Å². The Morgan fingerprint density at radius 2 is 2.14 bits per heavy atom. The fourth-order valence-corrected chi connectivity index (χ4v) is 3.69. The van der Waals surface area contributed by atoms with E-state index in [1.807, 2.05) is 0 Å². The van der Waals surface area contributed by atoms with Gasteiger partial charge in [0.15, 0.2) is 0 Å². The molecule has 1 N–H and O–H groups in total. The first-order valence-electron chi connectivity index (χ1n) is 8.06. The highest BCUT2D eigenvalue weighted by molar-refractivity contribution is 9.10. The van der Waals surface area contributed by atoms with Gasteiger partial charge in [-0.3, -0.25) is 0 Å². The Morgan fingerprint density at radius 3 is 2.86 bits per heavy atom. The van der Waals surface area contributed by atoms with Crippen molar-refractivity contribution in [2.45, 2.75) is 39.3 Å². The highest BCUT2D eigenvalue weighted by Gasteiger charge is 2.21. The van der Waals surface area contributed by atoms with Gasteiger partial charge in [-0.25, -0.2) is 0 Å². The zero-order chi connectivity index (χ0) is 15.2. The lowest BCUT2D eigenvalue weighted by atomic mass is 10.1. The Kier molecular flexibility index (Phi) is 6.52. The van der Waals surface area contributed by atoms with Crippen molar-refractivity contribution in [2.24, 2.45) is 0 Å². The van der Waals surface area contributed by atoms with Crippen LogP contribution in [0.4, 0.5) is 5.69 Å². The molecular weight excluding hydrogens is 326 g/mol. The van der Waals surface area contributed by atoms with Gasteiger partial charge in [0.2, 0.25) is 0 Å². The van der Waals surface area contributed by atoms with Gasteiger partial charge in [0, 0.05) is 30.1 Å². The Morgan fingerprint density at radius 1 is 1.33 bits per heavy atom. The van der Waals surface area contributed by atoms with Crippen molar-refractivity contribution < 1.29 is 0 Å². The van der Waals surface area contributed by atoms with Crippen molar-refractivity contribution in [3.8, 4) is 0 Å². The minimum Gasteiger partial charge on any atom is -0.367 e. The maximum atomic E-state index is 3.78. The number of likely N-dealkylation sites (N-methyl/N-ethyl adjacent to an activating group) is 1. The Hall–Kier alpha value is -0.580. The molecule has 21 heavy (non-hydrogen) atoms. The first-order valence-corrected chi connectivity index (χ1v) is 8.85. The molecule has 2 rings (SSSR count). The van der Waals surface area contributed by atoms with Crippen molar-refractivity contribution in [1.82, 2.24) is 10.2 Å². The molecule has 4 heteroatoms. The van der Waals surface area contributed by atoms with Crippen LogP contribution < -0.4 is 10.2 Å². The zero-order valence-corrected chi connectivity index (χ0v) is 15.1. The molecule has 1 saturated heterocycles. The van der Waals surface area contributed by atoms with E-state index >= 15 is 0 Å². The maximum absolute atomic E-state index is 3.78. The normalized spacial score (nSPS) is 20.6. The SMILES string of the molecule is CCCNCc1ccc(N2CCCN(C)CC2C)c(Br)c1. The fourth-order valence-electron chi connectivity index (χ4n) is 3.03. The largest absolute Gasteiger partial charge is 0.367 e. The Balaban J connectivity index is 2.08. The standard InChI is InChI=1S/C17H28BrN3/c1-4-8-19-12-15-6-7-17(16(18)11-15)21-10-5-9-20(3)13-14(21)2/h6-7,11,14,19H,4-5,8-10,12-13H2,1-3H3. The lowest BCUT2D eigenvalue weighted by Gasteiger charge is -2.31. The van der Waals surface area contributed by atoms with E-state index in [1.54, 1.807) is 0 Å². The average Bonchev–Trinajstić information content (AvgIpc) is 2.60. The van der Waals surface area contributed by atoms with Crippen LogP contribution in [-0.4, -0.2) is 44.2 Å². The maximum Gasteiger partial charge on any atom is 0.0513 e. The van der Waals surface area contributed by atoms with Crippen LogP contribution in [0.2, 0.25) is 0 Å². The van der Waals surface area contributed by atoms with Crippen LogP contribution in [0.3, 0.4) is 0 Å². The summed E-state index contributed by atoms with van der Waals surface area (Å²) < 4.78 is 1.22. The molecule has 0 amide bonds. The molecule has 1 aliphatic heterocycles. The molecule has 1 fully saturated rings. The number of halogens is 1. The van der Waals surface area contributed by atoms with Crippen LogP contribution in [0.1, 0.15) is 32.3 Å². The molecule has 0 spiro atoms. The van der Waals surface area contributed by atoms with E-state index < -0.39 is 0 Å². The molecule has 1 aliphatic rings. The van der Waals surface area contributed by atoms with E-state index in [2.05, 4.69) is 70.1 Å². The summed E-state index contributed by atoms with van der Waals surface area (Å²) in [5, 5.41) is 3.46. The van der Waals surface area contributed by atoms with Gasteiger partial charge in [-0.15, -0.1) is 0 Å². The highest BCUT2D eigenvalue weighted by Crippen LogP contribution is 2.30. The molecule has 118 valence electrons. The van der Waals surface area contributed by atoms with Crippen molar-refractivity contribution in [1.29, 1.82) is 0 Å². The van der Waals surface area contributed by atoms with Gasteiger partial charge in [-0.05, 0) is 73.5 Å². The molecule has 1 atom stereocenters. The van der Waals surface area contributed by atoms with Gasteiger partial charge in [0.25, 0.3) is 0 Å². The van der Waals surface area contributed by atoms with E-state index in [-0.39, 0.29) is 0 Å². The summed E-state index contributed by atoms with van der Waals surface area (Å²) in [6.45, 7) is 10.0. The lowest BCUT2D eigenvalue weighted by molar-refractivity contribution is 0.337. The molecule has 1 unspecified atom stereocenters. The van der Waals surface area contributed by atoms with Gasteiger partial charge < -0.3 is 15.1 Å². The van der Waals surface area contributed by atoms with E-state index in [4.69, 9.17) is 0 Å². The second kappa shape index (κ2) is 8.16. The first kappa shape index (κ1) is 16.8. The number of hydrogen-bond acceptors (Lipinski definition) is 3.